The lowest BCUT2D eigenvalue weighted by atomic mass is 9.97. The Bertz CT molecular complexity index is 568. The second-order valence-electron chi connectivity index (χ2n) is 4.55. The molecule has 3 heteroatoms. The molecule has 100 valence electrons. The first-order valence-electron chi connectivity index (χ1n) is 6.37. The molecule has 1 nitrogen and oxygen atoms in total. The van der Waals surface area contributed by atoms with Gasteiger partial charge in [-0.25, -0.2) is 0 Å². The number of benzene rings is 2. The van der Waals surface area contributed by atoms with Gasteiger partial charge < -0.3 is 5.32 Å². The Balaban J connectivity index is 2.48. The Kier molecular flexibility index (Phi) is 5.03. The highest BCUT2D eigenvalue weighted by Gasteiger charge is 2.17. The molecule has 0 aromatic heterocycles. The van der Waals surface area contributed by atoms with Crippen LogP contribution in [0.15, 0.2) is 46.9 Å². The van der Waals surface area contributed by atoms with Gasteiger partial charge in [0, 0.05) is 4.47 Å². The summed E-state index contributed by atoms with van der Waals surface area (Å²) in [4.78, 5) is 0. The molecular formula is C16H17BrClN. The van der Waals surface area contributed by atoms with Gasteiger partial charge in [-0.15, -0.1) is 0 Å². The summed E-state index contributed by atoms with van der Waals surface area (Å²) in [5, 5.41) is 4.28. The van der Waals surface area contributed by atoms with Crippen molar-refractivity contribution in [1.82, 2.24) is 5.32 Å². The van der Waals surface area contributed by atoms with Crippen LogP contribution in [0.4, 0.5) is 0 Å². The Morgan fingerprint density at radius 3 is 2.63 bits per heavy atom. The number of rotatable bonds is 4. The SMILES string of the molecule is CCNC(c1cccc(C)c1)c1cccc(Br)c1Cl. The van der Waals surface area contributed by atoms with Crippen molar-refractivity contribution < 1.29 is 0 Å². The van der Waals surface area contributed by atoms with E-state index in [4.69, 9.17) is 11.6 Å². The lowest BCUT2D eigenvalue weighted by Gasteiger charge is -2.21. The largest absolute Gasteiger partial charge is 0.306 e. The van der Waals surface area contributed by atoms with E-state index in [-0.39, 0.29) is 6.04 Å². The van der Waals surface area contributed by atoms with Crippen molar-refractivity contribution in [3.8, 4) is 0 Å². The second-order valence-corrected chi connectivity index (χ2v) is 5.78. The summed E-state index contributed by atoms with van der Waals surface area (Å²) < 4.78 is 0.933. The van der Waals surface area contributed by atoms with Crippen LogP contribution < -0.4 is 5.32 Å². The molecule has 0 saturated heterocycles. The molecule has 2 aromatic carbocycles. The van der Waals surface area contributed by atoms with Crippen LogP contribution in [0, 0.1) is 6.92 Å². The molecule has 0 amide bonds. The molecule has 0 spiro atoms. The summed E-state index contributed by atoms with van der Waals surface area (Å²) in [5.74, 6) is 0. The zero-order valence-corrected chi connectivity index (χ0v) is 13.4. The topological polar surface area (TPSA) is 12.0 Å². The van der Waals surface area contributed by atoms with Gasteiger partial charge in [-0.1, -0.05) is 60.5 Å². The van der Waals surface area contributed by atoms with Crippen molar-refractivity contribution >= 4 is 27.5 Å². The van der Waals surface area contributed by atoms with Crippen LogP contribution in [0.3, 0.4) is 0 Å². The molecule has 0 radical (unpaired) electrons. The molecule has 0 aliphatic carbocycles. The zero-order chi connectivity index (χ0) is 13.8. The maximum atomic E-state index is 6.43. The summed E-state index contributed by atoms with van der Waals surface area (Å²) in [7, 11) is 0. The monoisotopic (exact) mass is 337 g/mol. The lowest BCUT2D eigenvalue weighted by Crippen LogP contribution is -2.22. The zero-order valence-electron chi connectivity index (χ0n) is 11.1. The molecule has 2 aromatic rings. The van der Waals surface area contributed by atoms with Gasteiger partial charge in [0.1, 0.15) is 0 Å². The molecule has 0 saturated carbocycles. The normalized spacial score (nSPS) is 12.4. The summed E-state index contributed by atoms with van der Waals surface area (Å²) in [5.41, 5.74) is 3.59. The molecule has 0 fully saturated rings. The van der Waals surface area contributed by atoms with E-state index in [1.165, 1.54) is 11.1 Å². The number of hydrogen-bond acceptors (Lipinski definition) is 1. The van der Waals surface area contributed by atoms with E-state index in [2.05, 4.69) is 65.4 Å². The van der Waals surface area contributed by atoms with Crippen LogP contribution >= 0.6 is 27.5 Å². The Hall–Kier alpha value is -0.830. The highest BCUT2D eigenvalue weighted by Crippen LogP contribution is 2.33. The van der Waals surface area contributed by atoms with Crippen LogP contribution in [-0.4, -0.2) is 6.54 Å². The average Bonchev–Trinajstić information content (AvgIpc) is 2.40. The van der Waals surface area contributed by atoms with Crippen LogP contribution in [0.1, 0.15) is 29.7 Å². The lowest BCUT2D eigenvalue weighted by molar-refractivity contribution is 0.630. The summed E-state index contributed by atoms with van der Waals surface area (Å²) >= 11 is 9.92. The minimum absolute atomic E-state index is 0.120. The van der Waals surface area contributed by atoms with Crippen molar-refractivity contribution in [2.75, 3.05) is 6.54 Å². The van der Waals surface area contributed by atoms with Crippen LogP contribution in [0.25, 0.3) is 0 Å². The molecule has 1 atom stereocenters. The highest BCUT2D eigenvalue weighted by atomic mass is 79.9. The molecule has 1 N–H and O–H groups in total. The van der Waals surface area contributed by atoms with Gasteiger partial charge in [-0.05, 0) is 46.6 Å². The average molecular weight is 339 g/mol. The second kappa shape index (κ2) is 6.56. The highest BCUT2D eigenvalue weighted by molar-refractivity contribution is 9.10. The standard InChI is InChI=1S/C16H17BrClN/c1-3-19-16(12-7-4-6-11(2)10-12)13-8-5-9-14(17)15(13)18/h4-10,16,19H,3H2,1-2H3. The predicted molar refractivity (Wildman–Crippen MR) is 85.9 cm³/mol. The van der Waals surface area contributed by atoms with Crippen molar-refractivity contribution in [1.29, 1.82) is 0 Å². The smallest absolute Gasteiger partial charge is 0.0599 e. The van der Waals surface area contributed by atoms with E-state index in [1.807, 2.05) is 12.1 Å². The summed E-state index contributed by atoms with van der Waals surface area (Å²) in [6.45, 7) is 5.10. The molecule has 0 heterocycles. The fourth-order valence-corrected chi connectivity index (χ4v) is 2.82. The molecule has 2 rings (SSSR count). The van der Waals surface area contributed by atoms with Crippen molar-refractivity contribution in [2.24, 2.45) is 0 Å². The van der Waals surface area contributed by atoms with Crippen molar-refractivity contribution in [2.45, 2.75) is 19.9 Å². The molecule has 0 aliphatic rings. The molecule has 1 unspecified atom stereocenters. The van der Waals surface area contributed by atoms with Crippen LogP contribution in [0.5, 0.6) is 0 Å². The molecule has 0 aliphatic heterocycles. The third-order valence-electron chi connectivity index (χ3n) is 3.08. The van der Waals surface area contributed by atoms with Crippen molar-refractivity contribution in [3.63, 3.8) is 0 Å². The van der Waals surface area contributed by atoms with Gasteiger partial charge >= 0.3 is 0 Å². The third kappa shape index (κ3) is 3.38. The summed E-state index contributed by atoms with van der Waals surface area (Å²) in [6, 6.07) is 14.7. The van der Waals surface area contributed by atoms with E-state index in [9.17, 15) is 0 Å². The number of hydrogen-bond donors (Lipinski definition) is 1. The Morgan fingerprint density at radius 1 is 1.21 bits per heavy atom. The van der Waals surface area contributed by atoms with Gasteiger partial charge in [0.15, 0.2) is 0 Å². The maximum absolute atomic E-state index is 6.43. The van der Waals surface area contributed by atoms with E-state index in [0.29, 0.717) is 0 Å². The van der Waals surface area contributed by atoms with Crippen molar-refractivity contribution in [3.05, 3.63) is 68.7 Å². The first-order valence-corrected chi connectivity index (χ1v) is 7.54. The van der Waals surface area contributed by atoms with Gasteiger partial charge in [0.05, 0.1) is 11.1 Å². The third-order valence-corrected chi connectivity index (χ3v) is 4.39. The first kappa shape index (κ1) is 14.6. The predicted octanol–water partition coefficient (Wildman–Crippen LogP) is 5.11. The van der Waals surface area contributed by atoms with Gasteiger partial charge in [-0.3, -0.25) is 0 Å². The number of aryl methyl sites for hydroxylation is 1. The minimum atomic E-state index is 0.120. The summed E-state index contributed by atoms with van der Waals surface area (Å²) in [6.07, 6.45) is 0. The Labute approximate surface area is 128 Å². The maximum Gasteiger partial charge on any atom is 0.0599 e. The Morgan fingerprint density at radius 2 is 1.95 bits per heavy atom. The van der Waals surface area contributed by atoms with Gasteiger partial charge in [0.2, 0.25) is 0 Å². The van der Waals surface area contributed by atoms with E-state index < -0.39 is 0 Å². The first-order chi connectivity index (χ1) is 9.13. The number of nitrogens with one attached hydrogen (secondary N) is 1. The van der Waals surface area contributed by atoms with Gasteiger partial charge in [0.25, 0.3) is 0 Å². The minimum Gasteiger partial charge on any atom is -0.306 e. The molecule has 19 heavy (non-hydrogen) atoms. The van der Waals surface area contributed by atoms with Crippen LogP contribution in [0.2, 0.25) is 5.02 Å². The van der Waals surface area contributed by atoms with Gasteiger partial charge in [-0.2, -0.15) is 0 Å². The fraction of sp³-hybridized carbons (Fsp3) is 0.250. The quantitative estimate of drug-likeness (QED) is 0.817. The molecular weight excluding hydrogens is 322 g/mol. The molecule has 0 bridgehead atoms. The van der Waals surface area contributed by atoms with E-state index in [0.717, 1.165) is 21.6 Å². The van der Waals surface area contributed by atoms with E-state index >= 15 is 0 Å². The van der Waals surface area contributed by atoms with E-state index in [1.54, 1.807) is 0 Å². The number of halogens is 2. The fourth-order valence-electron chi connectivity index (χ4n) is 2.20. The van der Waals surface area contributed by atoms with Crippen LogP contribution in [-0.2, 0) is 0 Å².